The van der Waals surface area contributed by atoms with Crippen molar-refractivity contribution in [2.45, 2.75) is 27.2 Å². The molecule has 2 aromatic rings. The summed E-state index contributed by atoms with van der Waals surface area (Å²) < 4.78 is 0. The number of hydrogen-bond acceptors (Lipinski definition) is 3. The fourth-order valence-corrected chi connectivity index (χ4v) is 2.77. The molecule has 94 valence electrons. The standard InChI is InChI=1S/C14H16N2OS/c1-4-11-8-12(18-10(11)3)14(17)16-13-7-9(2)5-6-15-13/h5-8H,4H2,1-3H3,(H,15,16,17). The highest BCUT2D eigenvalue weighted by Crippen LogP contribution is 2.22. The summed E-state index contributed by atoms with van der Waals surface area (Å²) in [5.41, 5.74) is 2.32. The molecule has 2 rings (SSSR count). The van der Waals surface area contributed by atoms with Gasteiger partial charge in [0, 0.05) is 11.1 Å². The van der Waals surface area contributed by atoms with Crippen molar-refractivity contribution < 1.29 is 4.79 Å². The third-order valence-electron chi connectivity index (χ3n) is 2.78. The summed E-state index contributed by atoms with van der Waals surface area (Å²) in [5, 5.41) is 2.82. The Labute approximate surface area is 111 Å². The first-order chi connectivity index (χ1) is 8.60. The number of carbonyl (C=O) groups excluding carboxylic acids is 1. The minimum atomic E-state index is -0.0825. The van der Waals surface area contributed by atoms with Crippen LogP contribution in [0, 0.1) is 13.8 Å². The molecule has 4 heteroatoms. The molecule has 0 unspecified atom stereocenters. The number of hydrogen-bond donors (Lipinski definition) is 1. The molecule has 0 saturated heterocycles. The Bertz CT molecular complexity index is 575. The van der Waals surface area contributed by atoms with Gasteiger partial charge in [-0.25, -0.2) is 4.98 Å². The molecule has 0 aromatic carbocycles. The van der Waals surface area contributed by atoms with Crippen molar-refractivity contribution in [1.82, 2.24) is 4.98 Å². The number of pyridine rings is 1. The number of nitrogens with zero attached hydrogens (tertiary/aromatic N) is 1. The summed E-state index contributed by atoms with van der Waals surface area (Å²) in [5.74, 6) is 0.519. The lowest BCUT2D eigenvalue weighted by Crippen LogP contribution is -2.11. The van der Waals surface area contributed by atoms with Crippen LogP contribution in [0.4, 0.5) is 5.82 Å². The number of amides is 1. The van der Waals surface area contributed by atoms with E-state index in [1.54, 1.807) is 6.20 Å². The van der Waals surface area contributed by atoms with E-state index in [2.05, 4.69) is 17.2 Å². The van der Waals surface area contributed by atoms with Crippen LogP contribution in [0.25, 0.3) is 0 Å². The van der Waals surface area contributed by atoms with Crippen LogP contribution in [0.3, 0.4) is 0 Å². The largest absolute Gasteiger partial charge is 0.306 e. The van der Waals surface area contributed by atoms with Crippen LogP contribution in [-0.2, 0) is 6.42 Å². The van der Waals surface area contributed by atoms with Crippen LogP contribution in [0.2, 0.25) is 0 Å². The quantitative estimate of drug-likeness (QED) is 0.916. The first-order valence-electron chi connectivity index (χ1n) is 5.93. The molecule has 0 radical (unpaired) electrons. The van der Waals surface area contributed by atoms with Crippen molar-refractivity contribution in [3.63, 3.8) is 0 Å². The van der Waals surface area contributed by atoms with Gasteiger partial charge >= 0.3 is 0 Å². The molecule has 0 aliphatic heterocycles. The van der Waals surface area contributed by atoms with Gasteiger partial charge in [0.15, 0.2) is 0 Å². The van der Waals surface area contributed by atoms with E-state index in [9.17, 15) is 4.79 Å². The van der Waals surface area contributed by atoms with E-state index < -0.39 is 0 Å². The lowest BCUT2D eigenvalue weighted by molar-refractivity contribution is 0.103. The summed E-state index contributed by atoms with van der Waals surface area (Å²) in [6, 6.07) is 5.73. The zero-order valence-corrected chi connectivity index (χ0v) is 11.6. The molecular formula is C14H16N2OS. The normalized spacial score (nSPS) is 10.4. The highest BCUT2D eigenvalue weighted by atomic mass is 32.1. The summed E-state index contributed by atoms with van der Waals surface area (Å²) in [7, 11) is 0. The summed E-state index contributed by atoms with van der Waals surface area (Å²) in [6.45, 7) is 6.12. The van der Waals surface area contributed by atoms with E-state index in [0.717, 1.165) is 16.9 Å². The van der Waals surface area contributed by atoms with Gasteiger partial charge in [-0.3, -0.25) is 4.79 Å². The van der Waals surface area contributed by atoms with Crippen molar-refractivity contribution in [2.24, 2.45) is 0 Å². The average molecular weight is 260 g/mol. The van der Waals surface area contributed by atoms with Gasteiger partial charge in [0.05, 0.1) is 4.88 Å². The number of aromatic nitrogens is 1. The predicted molar refractivity (Wildman–Crippen MR) is 75.4 cm³/mol. The third-order valence-corrected chi connectivity index (χ3v) is 3.87. The Balaban J connectivity index is 2.16. The van der Waals surface area contributed by atoms with E-state index >= 15 is 0 Å². The number of nitrogens with one attached hydrogen (secondary N) is 1. The Morgan fingerprint density at radius 3 is 2.78 bits per heavy atom. The van der Waals surface area contributed by atoms with Crippen LogP contribution >= 0.6 is 11.3 Å². The Morgan fingerprint density at radius 2 is 2.17 bits per heavy atom. The first-order valence-corrected chi connectivity index (χ1v) is 6.75. The molecule has 0 fully saturated rings. The molecule has 0 aliphatic carbocycles. The van der Waals surface area contributed by atoms with Crippen molar-refractivity contribution in [2.75, 3.05) is 5.32 Å². The minimum absolute atomic E-state index is 0.0825. The zero-order chi connectivity index (χ0) is 13.1. The topological polar surface area (TPSA) is 42.0 Å². The lowest BCUT2D eigenvalue weighted by atomic mass is 10.2. The maximum absolute atomic E-state index is 12.1. The summed E-state index contributed by atoms with van der Waals surface area (Å²) >= 11 is 1.53. The second-order valence-electron chi connectivity index (χ2n) is 4.22. The van der Waals surface area contributed by atoms with Crippen LogP contribution in [-0.4, -0.2) is 10.9 Å². The van der Waals surface area contributed by atoms with E-state index in [0.29, 0.717) is 5.82 Å². The highest BCUT2D eigenvalue weighted by molar-refractivity contribution is 7.14. The molecule has 0 bridgehead atoms. The van der Waals surface area contributed by atoms with Gasteiger partial charge in [0.2, 0.25) is 0 Å². The number of rotatable bonds is 3. The molecule has 2 heterocycles. The number of thiophene rings is 1. The third kappa shape index (κ3) is 2.76. The molecular weight excluding hydrogens is 244 g/mol. The summed E-state index contributed by atoms with van der Waals surface area (Å²) in [4.78, 5) is 18.1. The monoisotopic (exact) mass is 260 g/mol. The van der Waals surface area contributed by atoms with Crippen LogP contribution in [0.1, 0.15) is 32.6 Å². The van der Waals surface area contributed by atoms with Gasteiger partial charge in [-0.2, -0.15) is 0 Å². The predicted octanol–water partition coefficient (Wildman–Crippen LogP) is 3.57. The highest BCUT2D eigenvalue weighted by Gasteiger charge is 2.12. The van der Waals surface area contributed by atoms with Crippen molar-refractivity contribution in [3.8, 4) is 0 Å². The fourth-order valence-electron chi connectivity index (χ4n) is 1.77. The molecule has 1 amide bonds. The van der Waals surface area contributed by atoms with Gasteiger partial charge in [0.1, 0.15) is 5.82 Å². The molecule has 0 spiro atoms. The van der Waals surface area contributed by atoms with Gasteiger partial charge in [0.25, 0.3) is 5.91 Å². The number of anilines is 1. The second-order valence-corrected chi connectivity index (χ2v) is 5.47. The first kappa shape index (κ1) is 12.8. The van der Waals surface area contributed by atoms with Gasteiger partial charge in [-0.1, -0.05) is 6.92 Å². The Hall–Kier alpha value is -1.68. The van der Waals surface area contributed by atoms with E-state index in [4.69, 9.17) is 0 Å². The molecule has 3 nitrogen and oxygen atoms in total. The Morgan fingerprint density at radius 1 is 1.39 bits per heavy atom. The van der Waals surface area contributed by atoms with E-state index in [-0.39, 0.29) is 5.91 Å². The SMILES string of the molecule is CCc1cc(C(=O)Nc2cc(C)ccn2)sc1C. The lowest BCUT2D eigenvalue weighted by Gasteiger charge is -2.02. The second kappa shape index (κ2) is 5.31. The smallest absolute Gasteiger partial charge is 0.266 e. The van der Waals surface area contributed by atoms with E-state index in [1.807, 2.05) is 32.0 Å². The van der Waals surface area contributed by atoms with Crippen LogP contribution in [0.5, 0.6) is 0 Å². The van der Waals surface area contributed by atoms with Crippen molar-refractivity contribution >= 4 is 23.1 Å². The Kier molecular flexibility index (Phi) is 3.77. The zero-order valence-electron chi connectivity index (χ0n) is 10.8. The van der Waals surface area contributed by atoms with Crippen molar-refractivity contribution in [3.05, 3.63) is 45.3 Å². The maximum Gasteiger partial charge on any atom is 0.266 e. The molecule has 18 heavy (non-hydrogen) atoms. The van der Waals surface area contributed by atoms with Crippen molar-refractivity contribution in [1.29, 1.82) is 0 Å². The number of carbonyl (C=O) groups is 1. The molecule has 0 saturated carbocycles. The van der Waals surface area contributed by atoms with Crippen LogP contribution in [0.15, 0.2) is 24.4 Å². The molecule has 0 atom stereocenters. The summed E-state index contributed by atoms with van der Waals surface area (Å²) in [6.07, 6.45) is 2.65. The molecule has 2 aromatic heterocycles. The van der Waals surface area contributed by atoms with E-state index in [1.165, 1.54) is 21.8 Å². The maximum atomic E-state index is 12.1. The minimum Gasteiger partial charge on any atom is -0.306 e. The molecule has 0 aliphatic rings. The number of aryl methyl sites for hydroxylation is 3. The van der Waals surface area contributed by atoms with Gasteiger partial charge in [-0.05, 0) is 49.6 Å². The van der Waals surface area contributed by atoms with Gasteiger partial charge in [-0.15, -0.1) is 11.3 Å². The molecule has 1 N–H and O–H groups in total. The average Bonchev–Trinajstić information content (AvgIpc) is 2.70. The van der Waals surface area contributed by atoms with Crippen LogP contribution < -0.4 is 5.32 Å². The fraction of sp³-hybridized carbons (Fsp3) is 0.286. The van der Waals surface area contributed by atoms with Gasteiger partial charge < -0.3 is 5.32 Å².